The van der Waals surface area contributed by atoms with Crippen molar-refractivity contribution in [3.05, 3.63) is 51.0 Å². The minimum absolute atomic E-state index is 0.178. The number of thiazole rings is 1. The summed E-state index contributed by atoms with van der Waals surface area (Å²) in [5.41, 5.74) is -0.745. The van der Waals surface area contributed by atoms with Crippen LogP contribution in [0.2, 0.25) is 0 Å². The molecule has 0 fully saturated rings. The summed E-state index contributed by atoms with van der Waals surface area (Å²) in [6, 6.07) is 0.178. The zero-order valence-electron chi connectivity index (χ0n) is 13.8. The average Bonchev–Trinajstić information content (AvgIpc) is 2.98. The Morgan fingerprint density at radius 1 is 1.16 bits per heavy atom. The lowest BCUT2D eigenvalue weighted by molar-refractivity contribution is 0.439. The highest BCUT2D eigenvalue weighted by Crippen LogP contribution is 2.20. The fourth-order valence-electron chi connectivity index (χ4n) is 2.07. The van der Waals surface area contributed by atoms with Gasteiger partial charge in [-0.1, -0.05) is 0 Å². The van der Waals surface area contributed by atoms with E-state index in [9.17, 15) is 17.6 Å². The molecule has 25 heavy (non-hydrogen) atoms. The lowest BCUT2D eigenvalue weighted by Crippen LogP contribution is -2.38. The largest absolute Gasteiger partial charge is 0.357 e. The van der Waals surface area contributed by atoms with Crippen molar-refractivity contribution in [3.63, 3.8) is 0 Å². The van der Waals surface area contributed by atoms with Gasteiger partial charge in [-0.15, -0.1) is 11.3 Å². The van der Waals surface area contributed by atoms with E-state index in [2.05, 4.69) is 20.6 Å². The number of rotatable bonds is 6. The third-order valence-corrected chi connectivity index (χ3v) is 4.22. The zero-order chi connectivity index (χ0) is 18.4. The molecule has 2 rings (SSSR count). The molecule has 0 radical (unpaired) electrons. The van der Waals surface area contributed by atoms with Crippen molar-refractivity contribution in [3.8, 4) is 0 Å². The average molecular weight is 374 g/mol. The van der Waals surface area contributed by atoms with Crippen molar-refractivity contribution in [2.24, 2.45) is 4.99 Å². The van der Waals surface area contributed by atoms with Crippen molar-refractivity contribution < 1.29 is 17.6 Å². The van der Waals surface area contributed by atoms with Gasteiger partial charge in [0.25, 0.3) is 0 Å². The van der Waals surface area contributed by atoms with Gasteiger partial charge in [-0.3, -0.25) is 0 Å². The SMILES string of the molecule is CCNC(=NCc1c(F)c(F)cc(F)c1F)NCCc1ncc(C)s1. The number of nitrogens with one attached hydrogen (secondary N) is 2. The number of aryl methyl sites for hydroxylation is 1. The van der Waals surface area contributed by atoms with Crippen molar-refractivity contribution in [1.29, 1.82) is 0 Å². The molecule has 136 valence electrons. The summed E-state index contributed by atoms with van der Waals surface area (Å²) in [7, 11) is 0. The molecule has 2 aromatic rings. The van der Waals surface area contributed by atoms with E-state index in [1.165, 1.54) is 0 Å². The molecule has 0 saturated heterocycles. The second kappa shape index (κ2) is 8.80. The van der Waals surface area contributed by atoms with Crippen LogP contribution in [0.3, 0.4) is 0 Å². The van der Waals surface area contributed by atoms with Crippen LogP contribution in [0.15, 0.2) is 17.3 Å². The Balaban J connectivity index is 2.04. The van der Waals surface area contributed by atoms with Gasteiger partial charge >= 0.3 is 0 Å². The number of hydrogen-bond acceptors (Lipinski definition) is 3. The Bertz CT molecular complexity index is 735. The van der Waals surface area contributed by atoms with Crippen LogP contribution in [0.1, 0.15) is 22.4 Å². The lowest BCUT2D eigenvalue weighted by Gasteiger charge is -2.11. The minimum atomic E-state index is -1.44. The number of nitrogens with zero attached hydrogens (tertiary/aromatic N) is 2. The molecule has 0 aliphatic carbocycles. The molecular weight excluding hydrogens is 356 g/mol. The maximum atomic E-state index is 13.7. The van der Waals surface area contributed by atoms with Crippen molar-refractivity contribution in [1.82, 2.24) is 15.6 Å². The fraction of sp³-hybridized carbons (Fsp3) is 0.375. The van der Waals surface area contributed by atoms with E-state index in [0.29, 0.717) is 25.5 Å². The number of aromatic nitrogens is 1. The molecule has 0 spiro atoms. The first-order valence-corrected chi connectivity index (χ1v) is 8.49. The molecule has 0 aliphatic heterocycles. The van der Waals surface area contributed by atoms with E-state index in [1.807, 2.05) is 13.8 Å². The predicted molar refractivity (Wildman–Crippen MR) is 89.6 cm³/mol. The summed E-state index contributed by atoms with van der Waals surface area (Å²) in [5.74, 6) is -5.46. The fourth-order valence-corrected chi connectivity index (χ4v) is 2.85. The van der Waals surface area contributed by atoms with Crippen LogP contribution in [0.25, 0.3) is 0 Å². The van der Waals surface area contributed by atoms with Gasteiger partial charge in [0.2, 0.25) is 0 Å². The molecule has 0 aliphatic rings. The van der Waals surface area contributed by atoms with Crippen LogP contribution in [0.4, 0.5) is 17.6 Å². The summed E-state index contributed by atoms with van der Waals surface area (Å²) >= 11 is 1.58. The summed E-state index contributed by atoms with van der Waals surface area (Å²) in [5, 5.41) is 6.84. The first-order valence-electron chi connectivity index (χ1n) is 7.67. The molecule has 2 N–H and O–H groups in total. The summed E-state index contributed by atoms with van der Waals surface area (Å²) in [6.07, 6.45) is 2.43. The molecule has 1 heterocycles. The number of hydrogen-bond donors (Lipinski definition) is 2. The zero-order valence-corrected chi connectivity index (χ0v) is 14.6. The maximum absolute atomic E-state index is 13.7. The third kappa shape index (κ3) is 5.15. The van der Waals surface area contributed by atoms with Gasteiger partial charge in [0, 0.05) is 36.7 Å². The molecular formula is C16H18F4N4S. The summed E-state index contributed by atoms with van der Waals surface area (Å²) < 4.78 is 53.7. The second-order valence-electron chi connectivity index (χ2n) is 5.18. The monoisotopic (exact) mass is 374 g/mol. The van der Waals surface area contributed by atoms with Crippen LogP contribution in [0.5, 0.6) is 0 Å². The van der Waals surface area contributed by atoms with Crippen LogP contribution in [-0.2, 0) is 13.0 Å². The third-order valence-electron chi connectivity index (χ3n) is 3.24. The van der Waals surface area contributed by atoms with Gasteiger partial charge in [0.15, 0.2) is 29.2 Å². The molecule has 1 aromatic carbocycles. The van der Waals surface area contributed by atoms with Crippen LogP contribution in [0, 0.1) is 30.2 Å². The Kier molecular flexibility index (Phi) is 6.74. The van der Waals surface area contributed by atoms with Gasteiger partial charge in [-0.25, -0.2) is 27.5 Å². The van der Waals surface area contributed by atoms with E-state index in [0.717, 1.165) is 9.88 Å². The highest BCUT2D eigenvalue weighted by Gasteiger charge is 2.18. The van der Waals surface area contributed by atoms with Crippen LogP contribution >= 0.6 is 11.3 Å². The van der Waals surface area contributed by atoms with Crippen LogP contribution < -0.4 is 10.6 Å². The summed E-state index contributed by atoms with van der Waals surface area (Å²) in [6.45, 7) is 4.27. The first-order chi connectivity index (χ1) is 11.9. The number of aliphatic imine (C=N–C) groups is 1. The van der Waals surface area contributed by atoms with Gasteiger partial charge in [-0.2, -0.15) is 0 Å². The van der Waals surface area contributed by atoms with Gasteiger partial charge in [-0.05, 0) is 13.8 Å². The number of benzene rings is 1. The van der Waals surface area contributed by atoms with E-state index in [1.54, 1.807) is 17.5 Å². The predicted octanol–water partition coefficient (Wildman–Crippen LogP) is 3.31. The molecule has 0 atom stereocenters. The first kappa shape index (κ1) is 19.2. The Morgan fingerprint density at radius 2 is 1.84 bits per heavy atom. The molecule has 4 nitrogen and oxygen atoms in total. The molecule has 0 unspecified atom stereocenters. The number of halogens is 4. The highest BCUT2D eigenvalue weighted by molar-refractivity contribution is 7.11. The summed E-state index contributed by atoms with van der Waals surface area (Å²) in [4.78, 5) is 9.32. The van der Waals surface area contributed by atoms with E-state index in [-0.39, 0.29) is 6.07 Å². The standard InChI is InChI=1S/C16H18F4N4S/c1-3-21-16(22-5-4-13-23-7-9(2)25-13)24-8-10-14(19)11(17)6-12(18)15(10)20/h6-7H,3-5,8H2,1-2H3,(H2,21,22,24). The Hall–Kier alpha value is -2.16. The minimum Gasteiger partial charge on any atom is -0.357 e. The Labute approximate surface area is 147 Å². The smallest absolute Gasteiger partial charge is 0.191 e. The van der Waals surface area contributed by atoms with E-state index in [4.69, 9.17) is 0 Å². The van der Waals surface area contributed by atoms with E-state index >= 15 is 0 Å². The van der Waals surface area contributed by atoms with Crippen molar-refractivity contribution in [2.45, 2.75) is 26.8 Å². The normalized spacial score (nSPS) is 11.7. The van der Waals surface area contributed by atoms with Crippen molar-refractivity contribution in [2.75, 3.05) is 13.1 Å². The van der Waals surface area contributed by atoms with Crippen molar-refractivity contribution >= 4 is 17.3 Å². The molecule has 1 aromatic heterocycles. The Morgan fingerprint density at radius 3 is 2.40 bits per heavy atom. The topological polar surface area (TPSA) is 49.3 Å². The molecule has 9 heteroatoms. The molecule has 0 saturated carbocycles. The number of guanidine groups is 1. The van der Waals surface area contributed by atoms with Gasteiger partial charge in [0.1, 0.15) is 0 Å². The van der Waals surface area contributed by atoms with Crippen LogP contribution in [-0.4, -0.2) is 24.0 Å². The highest BCUT2D eigenvalue weighted by atomic mass is 32.1. The van der Waals surface area contributed by atoms with Gasteiger partial charge in [0.05, 0.1) is 17.1 Å². The lowest BCUT2D eigenvalue weighted by atomic mass is 10.2. The molecule has 0 amide bonds. The van der Waals surface area contributed by atoms with E-state index < -0.39 is 35.4 Å². The maximum Gasteiger partial charge on any atom is 0.191 e. The van der Waals surface area contributed by atoms with Gasteiger partial charge < -0.3 is 10.6 Å². The molecule has 0 bridgehead atoms. The quantitative estimate of drug-likeness (QED) is 0.353. The second-order valence-corrected chi connectivity index (χ2v) is 6.50.